The lowest BCUT2D eigenvalue weighted by molar-refractivity contribution is 0.996. The Hall–Kier alpha value is -8.06. The van der Waals surface area contributed by atoms with E-state index in [1.807, 2.05) is 0 Å². The molecule has 308 valence electrons. The summed E-state index contributed by atoms with van der Waals surface area (Å²) in [6.07, 6.45) is 16.5. The first-order valence-corrected chi connectivity index (χ1v) is 23.6. The van der Waals surface area contributed by atoms with Gasteiger partial charge in [0.15, 0.2) is 0 Å². The van der Waals surface area contributed by atoms with Crippen LogP contribution in [-0.2, 0) is 0 Å². The second kappa shape index (κ2) is 14.7. The van der Waals surface area contributed by atoms with Crippen molar-refractivity contribution in [2.75, 3.05) is 0 Å². The van der Waals surface area contributed by atoms with Crippen LogP contribution in [0.2, 0.25) is 0 Å². The van der Waals surface area contributed by atoms with Gasteiger partial charge in [0.05, 0.1) is 0 Å². The fraction of sp³-hybridized carbons (Fsp3) is 0.0606. The average molecular weight is 837 g/mol. The van der Waals surface area contributed by atoms with Crippen LogP contribution in [0.5, 0.6) is 0 Å². The lowest BCUT2D eigenvalue weighted by Crippen LogP contribution is -2.00. The molecule has 2 atom stereocenters. The van der Waals surface area contributed by atoms with Crippen LogP contribution in [0.15, 0.2) is 212 Å². The van der Waals surface area contributed by atoms with Crippen molar-refractivity contribution in [3.63, 3.8) is 0 Å². The van der Waals surface area contributed by atoms with Gasteiger partial charge in [-0.25, -0.2) is 0 Å². The molecule has 0 amide bonds. The predicted molar refractivity (Wildman–Crippen MR) is 284 cm³/mol. The third-order valence-electron chi connectivity index (χ3n) is 14.9. The van der Waals surface area contributed by atoms with E-state index in [0.29, 0.717) is 11.8 Å². The van der Waals surface area contributed by atoms with E-state index in [0.717, 1.165) is 6.42 Å². The van der Waals surface area contributed by atoms with Gasteiger partial charge in [-0.3, -0.25) is 0 Å². The third-order valence-corrected chi connectivity index (χ3v) is 14.9. The third kappa shape index (κ3) is 5.65. The number of benzene rings is 11. The van der Waals surface area contributed by atoms with Gasteiger partial charge < -0.3 is 0 Å². The van der Waals surface area contributed by atoms with E-state index >= 15 is 0 Å². The molecule has 11 aromatic rings. The molecule has 14 rings (SSSR count). The molecule has 0 aliphatic heterocycles. The molecule has 1 fully saturated rings. The highest BCUT2D eigenvalue weighted by atomic mass is 14.4. The molecule has 0 saturated heterocycles. The molecular weight excluding hydrogens is 793 g/mol. The molecule has 11 aromatic carbocycles. The lowest BCUT2D eigenvalue weighted by Gasteiger charge is -2.25. The van der Waals surface area contributed by atoms with E-state index in [9.17, 15) is 0 Å². The molecule has 0 aromatic heterocycles. The monoisotopic (exact) mass is 836 g/mol. The first-order valence-electron chi connectivity index (χ1n) is 23.6. The van der Waals surface area contributed by atoms with Crippen LogP contribution in [0.25, 0.3) is 128 Å². The van der Waals surface area contributed by atoms with Gasteiger partial charge in [-0.2, -0.15) is 0 Å². The molecule has 3 aliphatic carbocycles. The summed E-state index contributed by atoms with van der Waals surface area (Å²) in [6.45, 7) is 0. The van der Waals surface area contributed by atoms with Crippen molar-refractivity contribution in [1.82, 2.24) is 0 Å². The van der Waals surface area contributed by atoms with Crippen molar-refractivity contribution in [3.8, 4) is 55.6 Å². The quantitative estimate of drug-likeness (QED) is 0.152. The lowest BCUT2D eigenvalue weighted by atomic mass is 9.78. The summed E-state index contributed by atoms with van der Waals surface area (Å²) >= 11 is 0. The van der Waals surface area contributed by atoms with Gasteiger partial charge in [-0.1, -0.05) is 231 Å². The number of fused-ring (bicyclic) bond motifs is 9. The van der Waals surface area contributed by atoms with Crippen molar-refractivity contribution in [2.45, 2.75) is 18.8 Å². The maximum absolute atomic E-state index is 2.52. The minimum atomic E-state index is 0.651. The molecule has 0 nitrogen and oxygen atoms in total. The van der Waals surface area contributed by atoms with Gasteiger partial charge in [-0.05, 0) is 156 Å². The van der Waals surface area contributed by atoms with Gasteiger partial charge in [0.25, 0.3) is 0 Å². The highest BCUT2D eigenvalue weighted by molar-refractivity contribution is 6.31. The van der Waals surface area contributed by atoms with E-state index in [1.165, 1.54) is 138 Å². The fourth-order valence-corrected chi connectivity index (χ4v) is 11.9. The largest absolute Gasteiger partial charge is 0.0802 e. The van der Waals surface area contributed by atoms with E-state index in [1.54, 1.807) is 0 Å². The van der Waals surface area contributed by atoms with Crippen LogP contribution in [0.1, 0.15) is 41.0 Å². The van der Waals surface area contributed by atoms with Crippen LogP contribution < -0.4 is 0 Å². The van der Waals surface area contributed by atoms with Crippen molar-refractivity contribution in [1.29, 1.82) is 0 Å². The summed E-state index contributed by atoms with van der Waals surface area (Å²) in [5, 5.41) is 12.7. The van der Waals surface area contributed by atoms with E-state index in [2.05, 4.69) is 231 Å². The molecule has 1 saturated carbocycles. The van der Waals surface area contributed by atoms with E-state index in [-0.39, 0.29) is 0 Å². The Bertz CT molecular complexity index is 3800. The van der Waals surface area contributed by atoms with Crippen LogP contribution >= 0.6 is 0 Å². The second-order valence-electron chi connectivity index (χ2n) is 18.5. The Morgan fingerprint density at radius 3 is 1.23 bits per heavy atom. The smallest absolute Gasteiger partial charge is 0.00139 e. The molecule has 0 bridgehead atoms. The minimum Gasteiger partial charge on any atom is -0.0802 e. The maximum atomic E-state index is 2.52. The molecule has 0 N–H and O–H groups in total. The summed E-state index contributed by atoms with van der Waals surface area (Å²) in [5.74, 6) is 1.35. The number of hydrogen-bond acceptors (Lipinski definition) is 0. The van der Waals surface area contributed by atoms with Crippen LogP contribution in [0.3, 0.4) is 0 Å². The zero-order valence-electron chi connectivity index (χ0n) is 36.5. The molecule has 2 unspecified atom stereocenters. The molecule has 3 aliphatic rings. The second-order valence-corrected chi connectivity index (χ2v) is 18.5. The summed E-state index contributed by atoms with van der Waals surface area (Å²) in [7, 11) is 0. The molecule has 0 spiro atoms. The van der Waals surface area contributed by atoms with Crippen molar-refractivity contribution in [2.24, 2.45) is 5.92 Å². The Balaban J connectivity index is 1.06. The summed E-state index contributed by atoms with van der Waals surface area (Å²) in [5.41, 5.74) is 18.3. The topological polar surface area (TPSA) is 0 Å². The van der Waals surface area contributed by atoms with E-state index in [4.69, 9.17) is 0 Å². The van der Waals surface area contributed by atoms with Crippen molar-refractivity contribution >= 4 is 72.1 Å². The highest BCUT2D eigenvalue weighted by Gasteiger charge is 2.39. The summed E-state index contributed by atoms with van der Waals surface area (Å²) in [6, 6.07) is 72.9. The maximum Gasteiger partial charge on any atom is -0.00139 e. The van der Waals surface area contributed by atoms with Gasteiger partial charge in [-0.15, -0.1) is 0 Å². The molecule has 0 heteroatoms. The van der Waals surface area contributed by atoms with Crippen molar-refractivity contribution < 1.29 is 0 Å². The first kappa shape index (κ1) is 37.3. The first-order chi connectivity index (χ1) is 32.8. The Labute approximate surface area is 385 Å². The van der Waals surface area contributed by atoms with Gasteiger partial charge in [0.1, 0.15) is 0 Å². The Kier molecular flexibility index (Phi) is 8.34. The van der Waals surface area contributed by atoms with E-state index < -0.39 is 0 Å². The molecule has 0 heterocycles. The SMILES string of the molecule is C1=Cc2c(c(-c3c4ccccc4c(-c4c5ccccc5c(-c5ccc(-c6ccccc6)cc5)c5ccccc45)c4ccccc34)c3ccccc3c2-c2ccc3c(c2)C2CC2C=C3)C=CC1. The highest BCUT2D eigenvalue weighted by Crippen LogP contribution is 2.56. The Morgan fingerprint density at radius 1 is 0.303 bits per heavy atom. The summed E-state index contributed by atoms with van der Waals surface area (Å²) < 4.78 is 0. The van der Waals surface area contributed by atoms with Crippen LogP contribution in [0.4, 0.5) is 0 Å². The van der Waals surface area contributed by atoms with Gasteiger partial charge in [0.2, 0.25) is 0 Å². The summed E-state index contributed by atoms with van der Waals surface area (Å²) in [4.78, 5) is 0. The molecular formula is C66H44. The zero-order chi connectivity index (χ0) is 43.3. The normalized spacial score (nSPS) is 15.9. The average Bonchev–Trinajstić information content (AvgIpc) is 4.22. The molecule has 66 heavy (non-hydrogen) atoms. The zero-order valence-corrected chi connectivity index (χ0v) is 36.5. The van der Waals surface area contributed by atoms with Gasteiger partial charge >= 0.3 is 0 Å². The number of allylic oxidation sites excluding steroid dienone is 3. The van der Waals surface area contributed by atoms with Gasteiger partial charge in [0, 0.05) is 0 Å². The van der Waals surface area contributed by atoms with Crippen LogP contribution in [0, 0.1) is 5.92 Å². The Morgan fingerprint density at radius 2 is 0.697 bits per heavy atom. The number of rotatable bonds is 5. The van der Waals surface area contributed by atoms with Crippen LogP contribution in [-0.4, -0.2) is 0 Å². The predicted octanol–water partition coefficient (Wildman–Crippen LogP) is 18.3. The standard InChI is InChI=1S/C66H44/c1-3-17-41(18-4-1)42-31-35-44(36-32-42)61-47-21-7-10-24-52(47)64(53-25-11-8-22-48(53)61)66-57-29-15-13-27-55(57)65(56-28-14-16-30-58(56)66)63-51-20-6-2-5-19-49(51)62(50-23-9-12-26-54(50)63)46-38-34-43-33-37-45-39-60(45)59(43)40-46/h1,3-38,40,45,60H,2,39H2. The number of hydrogen-bond donors (Lipinski definition) is 0. The minimum absolute atomic E-state index is 0.651. The molecule has 0 radical (unpaired) electrons. The fourth-order valence-electron chi connectivity index (χ4n) is 11.9. The van der Waals surface area contributed by atoms with Crippen molar-refractivity contribution in [3.05, 3.63) is 235 Å².